The van der Waals surface area contributed by atoms with Crippen molar-refractivity contribution < 1.29 is 19.5 Å². The van der Waals surface area contributed by atoms with Crippen LogP contribution in [0.1, 0.15) is 44.9 Å². The molecule has 3 heterocycles. The fourth-order valence-electron chi connectivity index (χ4n) is 4.63. The summed E-state index contributed by atoms with van der Waals surface area (Å²) in [5.41, 5.74) is 5.57. The van der Waals surface area contributed by atoms with Gasteiger partial charge in [-0.05, 0) is 68.3 Å². The molecule has 1 fully saturated rings. The predicted molar refractivity (Wildman–Crippen MR) is 140 cm³/mol. The van der Waals surface area contributed by atoms with Gasteiger partial charge in [0.15, 0.2) is 0 Å². The summed E-state index contributed by atoms with van der Waals surface area (Å²) in [7, 11) is 0. The molecule has 1 aliphatic rings. The average Bonchev–Trinajstić information content (AvgIpc) is 2.91. The number of piperidine rings is 1. The first kappa shape index (κ1) is 24.4. The highest BCUT2D eigenvalue weighted by atomic mass is 16.7. The average molecular weight is 497 g/mol. The number of aromatic nitrogens is 2. The monoisotopic (exact) mass is 496 g/mol. The zero-order valence-corrected chi connectivity index (χ0v) is 20.6. The maximum absolute atomic E-state index is 13.0. The molecule has 1 aliphatic heterocycles. The number of benzene rings is 2. The van der Waals surface area contributed by atoms with Gasteiger partial charge in [0.05, 0.1) is 22.4 Å². The van der Waals surface area contributed by atoms with Gasteiger partial charge in [0, 0.05) is 48.0 Å². The molecule has 0 saturated carbocycles. The Labute approximate surface area is 214 Å². The number of carbonyl (C=O) groups is 2. The van der Waals surface area contributed by atoms with Crippen molar-refractivity contribution in [3.05, 3.63) is 102 Å². The van der Waals surface area contributed by atoms with Crippen LogP contribution in [0.4, 0.5) is 5.69 Å². The largest absolute Gasteiger partial charge is 0.389 e. The molecule has 0 radical (unpaired) electrons. The van der Waals surface area contributed by atoms with Crippen molar-refractivity contribution in [2.75, 3.05) is 18.6 Å². The summed E-state index contributed by atoms with van der Waals surface area (Å²) in [6.45, 7) is 2.87. The lowest BCUT2D eigenvalue weighted by Gasteiger charge is -2.38. The molecule has 1 saturated heterocycles. The smallest absolute Gasteiger partial charge is 0.365 e. The van der Waals surface area contributed by atoms with Crippen molar-refractivity contribution in [2.24, 2.45) is 0 Å². The van der Waals surface area contributed by atoms with Crippen LogP contribution in [0.5, 0.6) is 0 Å². The quantitative estimate of drug-likeness (QED) is 0.383. The number of aryl methyl sites for hydroxylation is 1. The number of nitrogens with zero attached hydrogens (tertiary/aromatic N) is 3. The van der Waals surface area contributed by atoms with Gasteiger partial charge in [0.25, 0.3) is 5.91 Å². The van der Waals surface area contributed by atoms with E-state index >= 15 is 0 Å². The standard InChI is InChI=1S/C29H28N4O4/c1-20-5-2-8-24(31-20)19-29(36)14-17-33(18-15-29)27(34)22-10-12-23(13-11-22)32-37-28(35)25-9-3-6-21-7-4-16-30-26(21)25/h2-13,16,32,36H,14-15,17-19H2,1H3. The van der Waals surface area contributed by atoms with E-state index < -0.39 is 11.6 Å². The van der Waals surface area contributed by atoms with Gasteiger partial charge in [-0.3, -0.25) is 14.8 Å². The van der Waals surface area contributed by atoms with Gasteiger partial charge in [-0.2, -0.15) is 0 Å². The Morgan fingerprint density at radius 2 is 1.73 bits per heavy atom. The number of anilines is 1. The van der Waals surface area contributed by atoms with E-state index in [4.69, 9.17) is 4.84 Å². The van der Waals surface area contributed by atoms with Crippen LogP contribution < -0.4 is 5.48 Å². The van der Waals surface area contributed by atoms with E-state index in [1.54, 1.807) is 47.5 Å². The third-order valence-electron chi connectivity index (χ3n) is 6.68. The lowest BCUT2D eigenvalue weighted by Crippen LogP contribution is -2.47. The van der Waals surface area contributed by atoms with Crippen molar-refractivity contribution in [3.63, 3.8) is 0 Å². The van der Waals surface area contributed by atoms with E-state index in [0.717, 1.165) is 16.8 Å². The third kappa shape index (κ3) is 5.59. The molecule has 1 amide bonds. The highest BCUT2D eigenvalue weighted by molar-refractivity contribution is 6.02. The molecule has 2 aromatic carbocycles. The molecular formula is C29H28N4O4. The second-order valence-corrected chi connectivity index (χ2v) is 9.41. The van der Waals surface area contributed by atoms with Crippen LogP contribution in [0.15, 0.2) is 79.0 Å². The van der Waals surface area contributed by atoms with Crippen LogP contribution in [0.3, 0.4) is 0 Å². The number of hydrogen-bond acceptors (Lipinski definition) is 7. The van der Waals surface area contributed by atoms with Crippen LogP contribution in [0.2, 0.25) is 0 Å². The number of aliphatic hydroxyl groups is 1. The van der Waals surface area contributed by atoms with Gasteiger partial charge in [-0.15, -0.1) is 0 Å². The zero-order valence-electron chi connectivity index (χ0n) is 20.6. The molecule has 8 nitrogen and oxygen atoms in total. The van der Waals surface area contributed by atoms with Gasteiger partial charge in [-0.1, -0.05) is 24.3 Å². The number of hydrogen-bond donors (Lipinski definition) is 2. The molecule has 0 bridgehead atoms. The topological polar surface area (TPSA) is 105 Å². The lowest BCUT2D eigenvalue weighted by molar-refractivity contribution is -0.0169. The van der Waals surface area contributed by atoms with E-state index in [0.29, 0.717) is 54.7 Å². The fourth-order valence-corrected chi connectivity index (χ4v) is 4.63. The molecule has 0 atom stereocenters. The van der Waals surface area contributed by atoms with E-state index in [1.807, 2.05) is 43.3 Å². The lowest BCUT2D eigenvalue weighted by atomic mass is 9.86. The van der Waals surface area contributed by atoms with Crippen molar-refractivity contribution in [3.8, 4) is 0 Å². The van der Waals surface area contributed by atoms with Gasteiger partial charge in [0.1, 0.15) is 0 Å². The second-order valence-electron chi connectivity index (χ2n) is 9.41. The molecule has 188 valence electrons. The van der Waals surface area contributed by atoms with Crippen LogP contribution >= 0.6 is 0 Å². The maximum Gasteiger partial charge on any atom is 0.365 e. The number of rotatable bonds is 6. The second kappa shape index (κ2) is 10.4. The highest BCUT2D eigenvalue weighted by Gasteiger charge is 2.34. The van der Waals surface area contributed by atoms with Crippen LogP contribution in [-0.2, 0) is 11.3 Å². The Bertz CT molecular complexity index is 1420. The first-order valence-electron chi connectivity index (χ1n) is 12.3. The molecule has 8 heteroatoms. The number of pyridine rings is 2. The Hall–Kier alpha value is -4.30. The summed E-state index contributed by atoms with van der Waals surface area (Å²) in [5.74, 6) is -0.646. The van der Waals surface area contributed by atoms with Gasteiger partial charge in [0.2, 0.25) is 0 Å². The van der Waals surface area contributed by atoms with E-state index in [-0.39, 0.29) is 5.91 Å². The first-order chi connectivity index (χ1) is 17.9. The normalized spacial score (nSPS) is 14.8. The van der Waals surface area contributed by atoms with Gasteiger partial charge >= 0.3 is 5.97 Å². The summed E-state index contributed by atoms with van der Waals surface area (Å²) in [6, 6.07) is 21.6. The molecule has 0 unspecified atom stereocenters. The highest BCUT2D eigenvalue weighted by Crippen LogP contribution is 2.27. The molecule has 37 heavy (non-hydrogen) atoms. The molecule has 4 aromatic rings. The Balaban J connectivity index is 1.16. The number of likely N-dealkylation sites (tertiary alicyclic amines) is 1. The summed E-state index contributed by atoms with van der Waals surface area (Å²) < 4.78 is 0. The zero-order chi connectivity index (χ0) is 25.8. The summed E-state index contributed by atoms with van der Waals surface area (Å²) in [4.78, 5) is 41.4. The maximum atomic E-state index is 13.0. The van der Waals surface area contributed by atoms with Gasteiger partial charge < -0.3 is 14.8 Å². The van der Waals surface area contributed by atoms with Crippen LogP contribution in [0.25, 0.3) is 10.9 Å². The number of amides is 1. The number of nitrogens with one attached hydrogen (secondary N) is 1. The van der Waals surface area contributed by atoms with Crippen LogP contribution in [-0.4, -0.2) is 50.5 Å². The molecule has 0 aliphatic carbocycles. The van der Waals surface area contributed by atoms with Crippen LogP contribution in [0, 0.1) is 6.92 Å². The Morgan fingerprint density at radius 1 is 1.00 bits per heavy atom. The van der Waals surface area contributed by atoms with E-state index in [2.05, 4.69) is 15.4 Å². The summed E-state index contributed by atoms with van der Waals surface area (Å²) in [6.07, 6.45) is 3.09. The first-order valence-corrected chi connectivity index (χ1v) is 12.3. The van der Waals surface area contributed by atoms with Crippen molar-refractivity contribution in [1.82, 2.24) is 14.9 Å². The van der Waals surface area contributed by atoms with E-state index in [9.17, 15) is 14.7 Å². The Morgan fingerprint density at radius 3 is 2.49 bits per heavy atom. The molecule has 2 N–H and O–H groups in total. The summed E-state index contributed by atoms with van der Waals surface area (Å²) in [5, 5.41) is 11.9. The predicted octanol–water partition coefficient (Wildman–Crippen LogP) is 4.33. The Kier molecular flexibility index (Phi) is 6.83. The molecule has 2 aromatic heterocycles. The minimum Gasteiger partial charge on any atom is -0.389 e. The van der Waals surface area contributed by atoms with Gasteiger partial charge in [-0.25, -0.2) is 10.3 Å². The third-order valence-corrected chi connectivity index (χ3v) is 6.68. The number of carbonyl (C=O) groups excluding carboxylic acids is 2. The van der Waals surface area contributed by atoms with Crippen molar-refractivity contribution in [2.45, 2.75) is 31.8 Å². The fraction of sp³-hybridized carbons (Fsp3) is 0.241. The number of para-hydroxylation sites is 1. The molecular weight excluding hydrogens is 468 g/mol. The summed E-state index contributed by atoms with van der Waals surface area (Å²) >= 11 is 0. The molecule has 0 spiro atoms. The minimum atomic E-state index is -0.866. The van der Waals surface area contributed by atoms with E-state index in [1.165, 1.54) is 0 Å². The van der Waals surface area contributed by atoms with Crippen molar-refractivity contribution >= 4 is 28.5 Å². The number of fused-ring (bicyclic) bond motifs is 1. The minimum absolute atomic E-state index is 0.0962. The van der Waals surface area contributed by atoms with Crippen molar-refractivity contribution in [1.29, 1.82) is 0 Å². The molecule has 5 rings (SSSR count). The SMILES string of the molecule is Cc1cccc(CC2(O)CCN(C(=O)c3ccc(NOC(=O)c4cccc5cccnc45)cc3)CC2)n1.